The van der Waals surface area contributed by atoms with E-state index in [0.717, 1.165) is 40.7 Å². The van der Waals surface area contributed by atoms with Gasteiger partial charge < -0.3 is 10.1 Å². The Labute approximate surface area is 124 Å². The van der Waals surface area contributed by atoms with E-state index in [-0.39, 0.29) is 0 Å². The fraction of sp³-hybridized carbons (Fsp3) is 0.312. The molecule has 4 heteroatoms. The molecule has 0 saturated heterocycles. The van der Waals surface area contributed by atoms with Gasteiger partial charge in [-0.1, -0.05) is 36.7 Å². The summed E-state index contributed by atoms with van der Waals surface area (Å²) in [5.41, 5.74) is 2.99. The second-order valence-corrected chi connectivity index (χ2v) is 5.00. The van der Waals surface area contributed by atoms with Gasteiger partial charge in [0, 0.05) is 40.7 Å². The van der Waals surface area contributed by atoms with E-state index < -0.39 is 0 Å². The van der Waals surface area contributed by atoms with Crippen LogP contribution in [0.1, 0.15) is 23.7 Å². The maximum atomic E-state index is 6.14. The van der Waals surface area contributed by atoms with Gasteiger partial charge in [0.1, 0.15) is 12.4 Å². The summed E-state index contributed by atoms with van der Waals surface area (Å²) in [5.74, 6) is 0.860. The van der Waals surface area contributed by atoms with Crippen molar-refractivity contribution in [2.75, 3.05) is 6.54 Å². The van der Waals surface area contributed by atoms with E-state index in [9.17, 15) is 0 Å². The molecule has 0 bridgehead atoms. The highest BCUT2D eigenvalue weighted by molar-refractivity contribution is 6.31. The van der Waals surface area contributed by atoms with Gasteiger partial charge in [0.05, 0.1) is 0 Å². The third-order valence-corrected chi connectivity index (χ3v) is 3.36. The van der Waals surface area contributed by atoms with E-state index in [1.54, 1.807) is 0 Å². The lowest BCUT2D eigenvalue weighted by Crippen LogP contribution is -2.13. The van der Waals surface area contributed by atoms with Crippen molar-refractivity contribution in [3.63, 3.8) is 0 Å². The molecule has 0 fully saturated rings. The molecule has 20 heavy (non-hydrogen) atoms. The largest absolute Gasteiger partial charge is 0.488 e. The van der Waals surface area contributed by atoms with Crippen molar-refractivity contribution in [1.82, 2.24) is 10.3 Å². The van der Waals surface area contributed by atoms with Gasteiger partial charge in [-0.25, -0.2) is 0 Å². The van der Waals surface area contributed by atoms with Gasteiger partial charge in [-0.3, -0.25) is 4.98 Å². The highest BCUT2D eigenvalue weighted by atomic mass is 35.5. The number of hydrogen-bond donors (Lipinski definition) is 1. The van der Waals surface area contributed by atoms with Gasteiger partial charge in [0.2, 0.25) is 0 Å². The standard InChI is InChI=1S/C16H19ClN2O/c1-3-18-9-14-10-19-12(2)8-16(14)20-11-13-6-4-5-7-15(13)17/h4-8,10,18H,3,9,11H2,1-2H3. The summed E-state index contributed by atoms with van der Waals surface area (Å²) in [6.07, 6.45) is 1.86. The molecule has 1 aromatic heterocycles. The number of nitrogens with zero attached hydrogens (tertiary/aromatic N) is 1. The maximum absolute atomic E-state index is 6.14. The van der Waals surface area contributed by atoms with E-state index in [0.29, 0.717) is 6.61 Å². The molecule has 0 aliphatic rings. The van der Waals surface area contributed by atoms with Crippen molar-refractivity contribution in [3.8, 4) is 5.75 Å². The molecule has 0 saturated carbocycles. The Kier molecular flexibility index (Phi) is 5.39. The summed E-state index contributed by atoms with van der Waals surface area (Å²) < 4.78 is 5.92. The minimum Gasteiger partial charge on any atom is -0.488 e. The van der Waals surface area contributed by atoms with Crippen LogP contribution in [0.2, 0.25) is 5.02 Å². The highest BCUT2D eigenvalue weighted by Crippen LogP contribution is 2.22. The zero-order chi connectivity index (χ0) is 14.4. The van der Waals surface area contributed by atoms with Gasteiger partial charge >= 0.3 is 0 Å². The molecule has 0 amide bonds. The number of aryl methyl sites for hydroxylation is 1. The quantitative estimate of drug-likeness (QED) is 0.880. The summed E-state index contributed by atoms with van der Waals surface area (Å²) >= 11 is 6.14. The van der Waals surface area contributed by atoms with Crippen LogP contribution in [0, 0.1) is 6.92 Å². The topological polar surface area (TPSA) is 34.2 Å². The second kappa shape index (κ2) is 7.27. The molecule has 0 aliphatic heterocycles. The fourth-order valence-corrected chi connectivity index (χ4v) is 2.05. The van der Waals surface area contributed by atoms with E-state index >= 15 is 0 Å². The molecule has 1 N–H and O–H groups in total. The first-order valence-corrected chi connectivity index (χ1v) is 7.11. The first-order chi connectivity index (χ1) is 9.70. The van der Waals surface area contributed by atoms with Crippen LogP contribution in [-0.4, -0.2) is 11.5 Å². The predicted molar refractivity (Wildman–Crippen MR) is 82.1 cm³/mol. The average molecular weight is 291 g/mol. The SMILES string of the molecule is CCNCc1cnc(C)cc1OCc1ccccc1Cl. The summed E-state index contributed by atoms with van der Waals surface area (Å²) in [5, 5.41) is 4.02. The number of hydrogen-bond acceptors (Lipinski definition) is 3. The third-order valence-electron chi connectivity index (χ3n) is 2.99. The van der Waals surface area contributed by atoms with Crippen molar-refractivity contribution in [3.05, 3.63) is 58.4 Å². The lowest BCUT2D eigenvalue weighted by Gasteiger charge is -2.13. The average Bonchev–Trinajstić information content (AvgIpc) is 2.45. The highest BCUT2D eigenvalue weighted by Gasteiger charge is 2.06. The molecule has 2 aromatic rings. The van der Waals surface area contributed by atoms with E-state index in [1.165, 1.54) is 0 Å². The molecule has 0 spiro atoms. The van der Waals surface area contributed by atoms with E-state index in [1.807, 2.05) is 43.5 Å². The Hall–Kier alpha value is -1.58. The minimum atomic E-state index is 0.461. The second-order valence-electron chi connectivity index (χ2n) is 4.59. The Balaban J connectivity index is 2.11. The summed E-state index contributed by atoms with van der Waals surface area (Å²) in [7, 11) is 0. The smallest absolute Gasteiger partial charge is 0.127 e. The van der Waals surface area contributed by atoms with Crippen LogP contribution in [0.5, 0.6) is 5.75 Å². The molecule has 2 rings (SSSR count). The lowest BCUT2D eigenvalue weighted by atomic mass is 10.2. The van der Waals surface area contributed by atoms with Crippen LogP contribution < -0.4 is 10.1 Å². The fourth-order valence-electron chi connectivity index (χ4n) is 1.86. The Morgan fingerprint density at radius 3 is 2.80 bits per heavy atom. The van der Waals surface area contributed by atoms with Crippen LogP contribution in [-0.2, 0) is 13.2 Å². The number of rotatable bonds is 6. The van der Waals surface area contributed by atoms with Gasteiger partial charge in [0.25, 0.3) is 0 Å². The van der Waals surface area contributed by atoms with E-state index in [4.69, 9.17) is 16.3 Å². The maximum Gasteiger partial charge on any atom is 0.127 e. The zero-order valence-electron chi connectivity index (χ0n) is 11.8. The van der Waals surface area contributed by atoms with Gasteiger partial charge in [-0.15, -0.1) is 0 Å². The molecular formula is C16H19ClN2O. The zero-order valence-corrected chi connectivity index (χ0v) is 12.6. The number of pyridine rings is 1. The molecule has 1 heterocycles. The van der Waals surface area contributed by atoms with Crippen LogP contribution in [0.25, 0.3) is 0 Å². The molecule has 106 valence electrons. The molecule has 0 unspecified atom stereocenters. The van der Waals surface area contributed by atoms with Crippen LogP contribution in [0.4, 0.5) is 0 Å². The number of nitrogens with one attached hydrogen (secondary N) is 1. The molecule has 1 aromatic carbocycles. The Morgan fingerprint density at radius 1 is 1.25 bits per heavy atom. The number of ether oxygens (including phenoxy) is 1. The number of halogens is 1. The summed E-state index contributed by atoms with van der Waals surface area (Å²) in [6, 6.07) is 9.68. The normalized spacial score (nSPS) is 10.6. The van der Waals surface area contributed by atoms with Crippen molar-refractivity contribution in [2.24, 2.45) is 0 Å². The third kappa shape index (κ3) is 3.95. The number of aromatic nitrogens is 1. The van der Waals surface area contributed by atoms with Crippen molar-refractivity contribution in [1.29, 1.82) is 0 Å². The molecule has 0 radical (unpaired) electrons. The number of benzene rings is 1. The first kappa shape index (κ1) is 14.8. The first-order valence-electron chi connectivity index (χ1n) is 6.73. The van der Waals surface area contributed by atoms with Gasteiger partial charge in [-0.2, -0.15) is 0 Å². The summed E-state index contributed by atoms with van der Waals surface area (Å²) in [4.78, 5) is 4.32. The Bertz CT molecular complexity index is 572. The van der Waals surface area contributed by atoms with Gasteiger partial charge in [-0.05, 0) is 19.5 Å². The van der Waals surface area contributed by atoms with Crippen molar-refractivity contribution in [2.45, 2.75) is 27.0 Å². The predicted octanol–water partition coefficient (Wildman–Crippen LogP) is 3.73. The lowest BCUT2D eigenvalue weighted by molar-refractivity contribution is 0.301. The molecule has 0 aliphatic carbocycles. The van der Waals surface area contributed by atoms with Crippen LogP contribution in [0.15, 0.2) is 36.5 Å². The van der Waals surface area contributed by atoms with E-state index in [2.05, 4.69) is 17.2 Å². The molecular weight excluding hydrogens is 272 g/mol. The Morgan fingerprint density at radius 2 is 2.05 bits per heavy atom. The van der Waals surface area contributed by atoms with Crippen LogP contribution in [0.3, 0.4) is 0 Å². The van der Waals surface area contributed by atoms with Crippen molar-refractivity contribution >= 4 is 11.6 Å². The molecule has 0 atom stereocenters. The van der Waals surface area contributed by atoms with Crippen molar-refractivity contribution < 1.29 is 4.74 Å². The minimum absolute atomic E-state index is 0.461. The van der Waals surface area contributed by atoms with Gasteiger partial charge in [0.15, 0.2) is 0 Å². The molecule has 3 nitrogen and oxygen atoms in total. The van der Waals surface area contributed by atoms with Crippen LogP contribution >= 0.6 is 11.6 Å². The monoisotopic (exact) mass is 290 g/mol. The summed E-state index contributed by atoms with van der Waals surface area (Å²) in [6.45, 7) is 6.16.